The lowest BCUT2D eigenvalue weighted by Gasteiger charge is -2.55. The summed E-state index contributed by atoms with van der Waals surface area (Å²) in [6.45, 7) is 16.5. The molecular weight excluding hydrogens is 570 g/mol. The first-order chi connectivity index (χ1) is 20.9. The molecule has 4 rings (SSSR count). The summed E-state index contributed by atoms with van der Waals surface area (Å²) in [5, 5.41) is 26.4. The van der Waals surface area contributed by atoms with Crippen LogP contribution in [-0.2, 0) is 19.5 Å². The molecule has 2 amide bonds. The Morgan fingerprint density at radius 2 is 1.71 bits per heavy atom. The number of aromatic nitrogens is 3. The van der Waals surface area contributed by atoms with Crippen LogP contribution in [0.5, 0.6) is 0 Å². The lowest BCUT2D eigenvalue weighted by atomic mass is 9.81. The summed E-state index contributed by atoms with van der Waals surface area (Å²) in [4.78, 5) is 38.3. The number of nitrogens with zero attached hydrogens (tertiary/aromatic N) is 5. The second kappa shape index (κ2) is 12.6. The molecule has 4 N–H and O–H groups in total. The number of nitrogens with one attached hydrogen (secondary N) is 2. The van der Waals surface area contributed by atoms with E-state index in [9.17, 15) is 19.8 Å². The van der Waals surface area contributed by atoms with Gasteiger partial charge in [-0.05, 0) is 76.3 Å². The van der Waals surface area contributed by atoms with E-state index in [0.717, 1.165) is 41.8 Å². The number of aryl methyl sites for hydroxylation is 1. The standard InChI is InChI=1S/C34H51N7O4/c1-31(2,3)34(38-29(42)43,41(30(44)45)32(4,5)6)36-21-33(7,8)22-40-25-17-11-10-16-24(25)37-27(40)20-39(9)26-18-12-14-23-15-13-19-35-28(23)26/h10-11,13,15-17,19,26,36,38H,12,14,18,20-22H2,1-9H3,(H,42,43)(H,44,45). The lowest BCUT2D eigenvalue weighted by Crippen LogP contribution is -2.79. The van der Waals surface area contributed by atoms with E-state index in [1.165, 1.54) is 10.5 Å². The maximum atomic E-state index is 12.7. The fourth-order valence-corrected chi connectivity index (χ4v) is 6.68. The van der Waals surface area contributed by atoms with E-state index < -0.39 is 34.3 Å². The van der Waals surface area contributed by atoms with Crippen molar-refractivity contribution in [3.63, 3.8) is 0 Å². The van der Waals surface area contributed by atoms with Crippen LogP contribution >= 0.6 is 0 Å². The summed E-state index contributed by atoms with van der Waals surface area (Å²) in [5.74, 6) is -0.691. The van der Waals surface area contributed by atoms with E-state index in [0.29, 0.717) is 19.6 Å². The van der Waals surface area contributed by atoms with E-state index in [1.807, 2.05) is 51.2 Å². The van der Waals surface area contributed by atoms with Gasteiger partial charge in [0.25, 0.3) is 0 Å². The molecule has 0 fully saturated rings. The molecule has 0 saturated carbocycles. The smallest absolute Gasteiger partial charge is 0.410 e. The Labute approximate surface area is 267 Å². The van der Waals surface area contributed by atoms with Gasteiger partial charge in [-0.15, -0.1) is 0 Å². The normalized spacial score (nSPS) is 17.2. The summed E-state index contributed by atoms with van der Waals surface area (Å²) in [6.07, 6.45) is 2.54. The van der Waals surface area contributed by atoms with E-state index >= 15 is 0 Å². The van der Waals surface area contributed by atoms with Gasteiger partial charge in [0.15, 0.2) is 5.79 Å². The molecule has 45 heavy (non-hydrogen) atoms. The molecule has 2 aromatic heterocycles. The highest BCUT2D eigenvalue weighted by Gasteiger charge is 2.54. The minimum Gasteiger partial charge on any atom is -0.465 e. The van der Waals surface area contributed by atoms with Crippen molar-refractivity contribution in [2.75, 3.05) is 13.6 Å². The molecule has 1 aliphatic rings. The van der Waals surface area contributed by atoms with Gasteiger partial charge in [0, 0.05) is 30.2 Å². The number of benzene rings is 1. The van der Waals surface area contributed by atoms with Crippen molar-refractivity contribution in [1.82, 2.24) is 35.0 Å². The zero-order valence-electron chi connectivity index (χ0n) is 28.3. The Hall–Kier alpha value is -3.70. The van der Waals surface area contributed by atoms with Crippen LogP contribution in [0.2, 0.25) is 0 Å². The van der Waals surface area contributed by atoms with Gasteiger partial charge in [-0.3, -0.25) is 25.4 Å². The highest BCUT2D eigenvalue weighted by atomic mass is 16.4. The van der Waals surface area contributed by atoms with Crippen molar-refractivity contribution < 1.29 is 19.8 Å². The molecule has 0 aliphatic heterocycles. The van der Waals surface area contributed by atoms with Crippen LogP contribution in [0.3, 0.4) is 0 Å². The van der Waals surface area contributed by atoms with Crippen molar-refractivity contribution in [1.29, 1.82) is 0 Å². The molecule has 11 heteroatoms. The first-order valence-electron chi connectivity index (χ1n) is 15.7. The molecule has 2 unspecified atom stereocenters. The number of hydrogen-bond donors (Lipinski definition) is 4. The molecule has 3 aromatic rings. The SMILES string of the molecule is CN(Cc1nc2ccccc2n1CC(C)(C)CNC(NC(=O)O)(N(C(=O)O)C(C)(C)C)C(C)(C)C)C1CCCc2cccnc21. The second-order valence-corrected chi connectivity index (χ2v) is 15.2. The minimum absolute atomic E-state index is 0.201. The first kappa shape index (κ1) is 34.2. The molecule has 1 aliphatic carbocycles. The maximum Gasteiger partial charge on any atom is 0.410 e. The van der Waals surface area contributed by atoms with Crippen LogP contribution in [0.4, 0.5) is 9.59 Å². The van der Waals surface area contributed by atoms with Crippen molar-refractivity contribution in [2.24, 2.45) is 10.8 Å². The number of rotatable bonds is 10. The van der Waals surface area contributed by atoms with Crippen LogP contribution in [0.25, 0.3) is 11.0 Å². The van der Waals surface area contributed by atoms with Gasteiger partial charge in [-0.2, -0.15) is 0 Å². The Morgan fingerprint density at radius 1 is 1.02 bits per heavy atom. The molecule has 2 heterocycles. The molecule has 0 bridgehead atoms. The number of fused-ring (bicyclic) bond motifs is 2. The molecule has 11 nitrogen and oxygen atoms in total. The third kappa shape index (κ3) is 7.25. The van der Waals surface area contributed by atoms with Crippen LogP contribution in [-0.4, -0.2) is 71.7 Å². The van der Waals surface area contributed by atoms with Crippen LogP contribution in [0.15, 0.2) is 42.6 Å². The number of imidazole rings is 1. The number of hydrogen-bond acceptors (Lipinski definition) is 6. The van der Waals surface area contributed by atoms with Gasteiger partial charge in [-0.25, -0.2) is 14.6 Å². The van der Waals surface area contributed by atoms with Crippen LogP contribution < -0.4 is 10.6 Å². The fourth-order valence-electron chi connectivity index (χ4n) is 6.68. The largest absolute Gasteiger partial charge is 0.465 e. The van der Waals surface area contributed by atoms with Crippen LogP contribution in [0, 0.1) is 10.8 Å². The van der Waals surface area contributed by atoms with Gasteiger partial charge in [0.1, 0.15) is 5.82 Å². The number of carbonyl (C=O) groups is 2. The number of pyridine rings is 1. The minimum atomic E-state index is -1.62. The zero-order chi connectivity index (χ0) is 33.4. The lowest BCUT2D eigenvalue weighted by molar-refractivity contribution is -0.0889. The second-order valence-electron chi connectivity index (χ2n) is 15.2. The van der Waals surface area contributed by atoms with E-state index in [2.05, 4.69) is 53.1 Å². The Kier molecular flexibility index (Phi) is 9.57. The summed E-state index contributed by atoms with van der Waals surface area (Å²) < 4.78 is 2.25. The highest BCUT2D eigenvalue weighted by molar-refractivity contribution is 5.76. The average molecular weight is 622 g/mol. The summed E-state index contributed by atoms with van der Waals surface area (Å²) in [7, 11) is 2.13. The Balaban J connectivity index is 1.67. The van der Waals surface area contributed by atoms with E-state index in [-0.39, 0.29) is 6.04 Å². The fraction of sp³-hybridized carbons (Fsp3) is 0.588. The zero-order valence-corrected chi connectivity index (χ0v) is 28.3. The van der Waals surface area contributed by atoms with Gasteiger partial charge < -0.3 is 14.8 Å². The Morgan fingerprint density at radius 3 is 2.33 bits per heavy atom. The predicted molar refractivity (Wildman–Crippen MR) is 176 cm³/mol. The summed E-state index contributed by atoms with van der Waals surface area (Å²) in [5.41, 5.74) is 2.16. The van der Waals surface area contributed by atoms with Crippen LogP contribution in [0.1, 0.15) is 91.4 Å². The highest BCUT2D eigenvalue weighted by Crippen LogP contribution is 2.38. The number of para-hydroxylation sites is 2. The maximum absolute atomic E-state index is 12.7. The van der Waals surface area contributed by atoms with E-state index in [1.54, 1.807) is 20.8 Å². The van der Waals surface area contributed by atoms with Gasteiger partial charge in [0.05, 0.1) is 29.3 Å². The van der Waals surface area contributed by atoms with E-state index in [4.69, 9.17) is 9.97 Å². The molecule has 0 radical (unpaired) electrons. The number of carboxylic acid groups (broad SMARTS) is 2. The third-order valence-electron chi connectivity index (χ3n) is 8.80. The summed E-state index contributed by atoms with van der Waals surface area (Å²) in [6, 6.07) is 12.5. The number of amides is 2. The van der Waals surface area contributed by atoms with Gasteiger partial charge in [-0.1, -0.05) is 52.8 Å². The first-order valence-corrected chi connectivity index (χ1v) is 15.7. The molecule has 246 valence electrons. The third-order valence-corrected chi connectivity index (χ3v) is 8.80. The molecule has 1 aromatic carbocycles. The van der Waals surface area contributed by atoms with Crippen molar-refractivity contribution in [2.45, 2.75) is 105 Å². The topological polar surface area (TPSA) is 136 Å². The van der Waals surface area contributed by atoms with Crippen molar-refractivity contribution in [3.8, 4) is 0 Å². The predicted octanol–water partition coefficient (Wildman–Crippen LogP) is 6.30. The van der Waals surface area contributed by atoms with Crippen molar-refractivity contribution in [3.05, 3.63) is 59.7 Å². The Bertz CT molecular complexity index is 1520. The van der Waals surface area contributed by atoms with Gasteiger partial charge >= 0.3 is 12.2 Å². The van der Waals surface area contributed by atoms with Gasteiger partial charge in [0.2, 0.25) is 0 Å². The van der Waals surface area contributed by atoms with Crippen molar-refractivity contribution >= 4 is 23.2 Å². The molecular formula is C34H51N7O4. The molecule has 0 saturated heterocycles. The monoisotopic (exact) mass is 621 g/mol. The quantitative estimate of drug-likeness (QED) is 0.194. The summed E-state index contributed by atoms with van der Waals surface area (Å²) >= 11 is 0. The average Bonchev–Trinajstić information content (AvgIpc) is 3.25. The molecule has 0 spiro atoms. The molecule has 2 atom stereocenters.